The van der Waals surface area contributed by atoms with Crippen LogP contribution in [-0.4, -0.2) is 79.3 Å². The number of aliphatic imine (C=N–C) groups is 1. The van der Waals surface area contributed by atoms with E-state index in [1.54, 1.807) is 43.1 Å². The molecule has 16 nitrogen and oxygen atoms in total. The minimum Gasteiger partial charge on any atom is -0.445 e. The maximum atomic E-state index is 13.4. The number of likely N-dealkylation sites (N-methyl/N-ethyl adjacent to an activating group) is 1. The normalized spacial score (nSPS) is 15.4. The van der Waals surface area contributed by atoms with Crippen molar-refractivity contribution in [2.45, 2.75) is 19.2 Å². The zero-order valence-corrected chi connectivity index (χ0v) is 31.4. The molecule has 0 saturated heterocycles. The van der Waals surface area contributed by atoms with Gasteiger partial charge in [0.15, 0.2) is 0 Å². The summed E-state index contributed by atoms with van der Waals surface area (Å²) < 4.78 is 5.23. The highest BCUT2D eigenvalue weighted by Crippen LogP contribution is 2.28. The molecule has 3 aromatic carbocycles. The molecule has 6 amide bonds. The number of alkyl carbamates (subject to hydrolysis) is 1. The van der Waals surface area contributed by atoms with E-state index in [-0.39, 0.29) is 19.1 Å². The van der Waals surface area contributed by atoms with Gasteiger partial charge in [0.2, 0.25) is 18.0 Å². The van der Waals surface area contributed by atoms with Crippen molar-refractivity contribution in [1.82, 2.24) is 26.6 Å². The summed E-state index contributed by atoms with van der Waals surface area (Å²) in [7, 11) is 1.63. The second-order valence-electron chi connectivity index (χ2n) is 11.9. The zero-order valence-electron chi connectivity index (χ0n) is 29.7. The number of hydrogen-bond acceptors (Lipinski definition) is 11. The number of benzodiazepines with no additional fused rings is 1. The Kier molecular flexibility index (Phi) is 14.3. The van der Waals surface area contributed by atoms with Gasteiger partial charge in [-0.1, -0.05) is 72.4 Å². The number of fused-ring (bicyclic) bond motifs is 1. The Hall–Kier alpha value is -6.27. The molecule has 3 aromatic rings. The molecule has 0 radical (unpaired) electrons. The van der Waals surface area contributed by atoms with Crippen molar-refractivity contribution in [2.24, 2.45) is 10.7 Å². The molecule has 0 aromatic heterocycles. The predicted molar refractivity (Wildman–Crippen MR) is 214 cm³/mol. The summed E-state index contributed by atoms with van der Waals surface area (Å²) in [6, 6.07) is 22.7. The molecule has 1 atom stereocenters. The van der Waals surface area contributed by atoms with Crippen LogP contribution in [-0.2, 0) is 25.7 Å². The van der Waals surface area contributed by atoms with Crippen LogP contribution < -0.4 is 42.5 Å². The summed E-state index contributed by atoms with van der Waals surface area (Å²) in [6.07, 6.45) is -0.891. The molecule has 2 aliphatic rings. The molecule has 0 spiro atoms. The van der Waals surface area contributed by atoms with Crippen LogP contribution in [0.3, 0.4) is 0 Å². The minimum absolute atomic E-state index is 0.0296. The Balaban J connectivity index is 1.00. The topological polar surface area (TPSA) is 232 Å². The molecule has 2 heterocycles. The Morgan fingerprint density at radius 2 is 1.78 bits per heavy atom. The molecule has 0 fully saturated rings. The average Bonchev–Trinajstić information content (AvgIpc) is 3.57. The van der Waals surface area contributed by atoms with Crippen LogP contribution in [0.1, 0.15) is 23.1 Å². The van der Waals surface area contributed by atoms with Crippen molar-refractivity contribution in [3.8, 4) is 0 Å². The molecule has 0 bridgehead atoms. The third-order valence-electron chi connectivity index (χ3n) is 7.78. The van der Waals surface area contributed by atoms with Crippen LogP contribution >= 0.6 is 23.5 Å². The van der Waals surface area contributed by atoms with Gasteiger partial charge in [-0.2, -0.15) is 11.8 Å². The van der Waals surface area contributed by atoms with Gasteiger partial charge in [-0.05, 0) is 29.2 Å². The number of amidine groups is 1. The maximum Gasteiger partial charge on any atom is 0.408 e. The summed E-state index contributed by atoms with van der Waals surface area (Å²) in [5.41, 5.74) is 10.1. The number of anilines is 2. The summed E-state index contributed by atoms with van der Waals surface area (Å²) in [5, 5.41) is 26.1. The van der Waals surface area contributed by atoms with E-state index in [1.165, 1.54) is 22.7 Å². The lowest BCUT2D eigenvalue weighted by atomic mass is 10.0. The number of ether oxygens (including phenoxy) is 1. The molecule has 9 N–H and O–H groups in total. The molecule has 55 heavy (non-hydrogen) atoms. The average molecular weight is 785 g/mol. The van der Waals surface area contributed by atoms with Gasteiger partial charge in [-0.25, -0.2) is 14.6 Å². The smallest absolute Gasteiger partial charge is 0.408 e. The molecular weight excluding hydrogens is 745 g/mol. The number of hydrogen-bond donors (Lipinski definition) is 8. The van der Waals surface area contributed by atoms with E-state index in [1.807, 2.05) is 60.0 Å². The molecule has 18 heteroatoms. The van der Waals surface area contributed by atoms with Crippen LogP contribution in [0.2, 0.25) is 0 Å². The number of rotatable bonds is 15. The van der Waals surface area contributed by atoms with E-state index in [4.69, 9.17) is 15.9 Å². The fourth-order valence-electron chi connectivity index (χ4n) is 5.24. The number of carbonyl (C=O) groups excluding carboxylic acids is 5. The summed E-state index contributed by atoms with van der Waals surface area (Å²) in [6.45, 7) is -0.0252. The second-order valence-corrected chi connectivity index (χ2v) is 13.9. The largest absolute Gasteiger partial charge is 0.445 e. The van der Waals surface area contributed by atoms with Crippen molar-refractivity contribution in [3.05, 3.63) is 118 Å². The van der Waals surface area contributed by atoms with Crippen LogP contribution in [0, 0.1) is 5.41 Å². The number of carbonyl (C=O) groups is 5. The first-order valence-electron chi connectivity index (χ1n) is 16.9. The van der Waals surface area contributed by atoms with Crippen LogP contribution in [0.25, 0.3) is 0 Å². The first-order valence-corrected chi connectivity index (χ1v) is 19.0. The molecule has 0 unspecified atom stereocenters. The third kappa shape index (κ3) is 12.1. The van der Waals surface area contributed by atoms with Crippen LogP contribution in [0.4, 0.5) is 21.0 Å². The number of nitrogens with zero attached hydrogens (tertiary/aromatic N) is 2. The summed E-state index contributed by atoms with van der Waals surface area (Å²) in [5.74, 6) is -0.164. The Labute approximate surface area is 325 Å². The number of para-hydroxylation sites is 1. The van der Waals surface area contributed by atoms with E-state index in [2.05, 4.69) is 36.9 Å². The lowest BCUT2D eigenvalue weighted by Crippen LogP contribution is -2.47. The Bertz CT molecular complexity index is 2020. The lowest BCUT2D eigenvalue weighted by Gasteiger charge is -2.21. The molecular formula is C37H40N10O6S2. The standard InChI is InChI=1S/C37H40N10O6S2/c1-47-28-13-6-5-12-27(28)33(24-9-3-2-4-10-24)45-34(35(47)50)46-36(51)44-25-11-7-8-23(16-25)19-53-37(52)42-22-41-31(49)18-30(48)40-14-15-54-20-26-21-55-32(43-26)17-29(38)39/h2-13,16-17,21,34,43H,14-15,18-20,22H2,1H3,(H3,38,39)(H,40,48)(H,41,49)(H,42,52)(H2,44,46,51)/t34-/m0/s1. The highest BCUT2D eigenvalue weighted by atomic mass is 32.2. The van der Waals surface area contributed by atoms with Gasteiger partial charge < -0.3 is 47.3 Å². The monoisotopic (exact) mass is 784 g/mol. The quantitative estimate of drug-likeness (QED) is 0.0369. The van der Waals surface area contributed by atoms with Crippen LogP contribution in [0.5, 0.6) is 0 Å². The van der Waals surface area contributed by atoms with E-state index >= 15 is 0 Å². The van der Waals surface area contributed by atoms with Crippen molar-refractivity contribution >= 4 is 76.3 Å². The first kappa shape index (κ1) is 39.9. The number of amides is 6. The van der Waals surface area contributed by atoms with Gasteiger partial charge in [-0.15, -0.1) is 0 Å². The zero-order chi connectivity index (χ0) is 39.2. The molecule has 5 rings (SSSR count). The maximum absolute atomic E-state index is 13.4. The Morgan fingerprint density at radius 1 is 1.02 bits per heavy atom. The van der Waals surface area contributed by atoms with Gasteiger partial charge in [0.1, 0.15) is 18.9 Å². The van der Waals surface area contributed by atoms with Crippen LogP contribution in [0.15, 0.2) is 106 Å². The van der Waals surface area contributed by atoms with E-state index in [9.17, 15) is 24.0 Å². The number of nitrogens with two attached hydrogens (primary N) is 1. The highest BCUT2D eigenvalue weighted by Gasteiger charge is 2.31. The van der Waals surface area contributed by atoms with Crippen molar-refractivity contribution < 1.29 is 28.7 Å². The van der Waals surface area contributed by atoms with Crippen molar-refractivity contribution in [3.63, 3.8) is 0 Å². The SMILES string of the molecule is CN1C(=O)[C@H](NC(=O)Nc2cccc(COC(=O)NCNC(=O)CC(=O)NCCSCC3=CSC(=CC(=N)N)N3)c2)N=C(c2ccccc2)c2ccccc21. The summed E-state index contributed by atoms with van der Waals surface area (Å²) >= 11 is 3.04. The summed E-state index contributed by atoms with van der Waals surface area (Å²) in [4.78, 5) is 69.2. The van der Waals surface area contributed by atoms with E-state index in [0.29, 0.717) is 40.7 Å². The van der Waals surface area contributed by atoms with Gasteiger partial charge >= 0.3 is 12.1 Å². The lowest BCUT2D eigenvalue weighted by molar-refractivity contribution is -0.129. The van der Waals surface area contributed by atoms with Gasteiger partial charge in [-0.3, -0.25) is 19.8 Å². The Morgan fingerprint density at radius 3 is 2.58 bits per heavy atom. The number of urea groups is 1. The van der Waals surface area contributed by atoms with E-state index < -0.39 is 42.4 Å². The van der Waals surface area contributed by atoms with Gasteiger partial charge in [0.25, 0.3) is 5.91 Å². The predicted octanol–water partition coefficient (Wildman–Crippen LogP) is 3.14. The molecule has 0 saturated carbocycles. The fourth-order valence-corrected chi connectivity index (χ4v) is 6.90. The molecule has 286 valence electrons. The number of nitrogens with one attached hydrogen (secondary N) is 7. The molecule has 0 aliphatic carbocycles. The van der Waals surface area contributed by atoms with E-state index in [0.717, 1.165) is 21.9 Å². The fraction of sp³-hybridized carbons (Fsp3) is 0.216. The van der Waals surface area contributed by atoms with Crippen molar-refractivity contribution in [1.29, 1.82) is 5.41 Å². The van der Waals surface area contributed by atoms with Gasteiger partial charge in [0.05, 0.1) is 23.1 Å². The second kappa shape index (κ2) is 19.7. The number of thioether (sulfide) groups is 2. The minimum atomic E-state index is -1.21. The van der Waals surface area contributed by atoms with Gasteiger partial charge in [0, 0.05) is 53.7 Å². The highest BCUT2D eigenvalue weighted by molar-refractivity contribution is 8.06. The third-order valence-corrected chi connectivity index (χ3v) is 9.66. The van der Waals surface area contributed by atoms with Crippen molar-refractivity contribution in [2.75, 3.05) is 42.0 Å². The first-order chi connectivity index (χ1) is 26.5. The number of benzene rings is 3. The molecule has 2 aliphatic heterocycles.